The second-order valence-electron chi connectivity index (χ2n) is 4.27. The van der Waals surface area contributed by atoms with Crippen molar-refractivity contribution in [2.75, 3.05) is 54.4 Å². The average Bonchev–Trinajstić information content (AvgIpc) is 2.12. The van der Waals surface area contributed by atoms with Crippen LogP contribution in [0.1, 0.15) is 19.3 Å². The molecule has 0 bridgehead atoms. The van der Waals surface area contributed by atoms with Gasteiger partial charge in [0, 0.05) is 0 Å². The molecule has 0 fully saturated rings. The maximum atomic E-state index is 3.17. The fourth-order valence-electron chi connectivity index (χ4n) is 1.45. The van der Waals surface area contributed by atoms with E-state index in [-0.39, 0.29) is 0 Å². The molecule has 86 valence electrons. The van der Waals surface area contributed by atoms with Crippen molar-refractivity contribution in [1.82, 2.24) is 15.1 Å². The Morgan fingerprint density at radius 2 is 1.50 bits per heavy atom. The summed E-state index contributed by atoms with van der Waals surface area (Å²) < 4.78 is 0. The van der Waals surface area contributed by atoms with E-state index in [2.05, 4.69) is 36.3 Å². The van der Waals surface area contributed by atoms with Crippen molar-refractivity contribution in [1.29, 1.82) is 0 Å². The van der Waals surface area contributed by atoms with E-state index in [1.165, 1.54) is 38.9 Å². The van der Waals surface area contributed by atoms with Gasteiger partial charge in [-0.2, -0.15) is 0 Å². The fraction of sp³-hybridized carbons (Fsp3) is 1.00. The summed E-state index contributed by atoms with van der Waals surface area (Å²) in [6.07, 6.45) is 3.86. The lowest BCUT2D eigenvalue weighted by Crippen LogP contribution is -2.25. The molecule has 0 rings (SSSR count). The van der Waals surface area contributed by atoms with Crippen LogP contribution in [0.5, 0.6) is 0 Å². The molecular formula is C11H27N3. The molecule has 1 N–H and O–H groups in total. The topological polar surface area (TPSA) is 18.5 Å². The largest absolute Gasteiger partial charge is 0.320 e. The molecule has 0 aliphatic heterocycles. The van der Waals surface area contributed by atoms with Crippen molar-refractivity contribution < 1.29 is 0 Å². The van der Waals surface area contributed by atoms with Crippen LogP contribution >= 0.6 is 0 Å². The highest BCUT2D eigenvalue weighted by Gasteiger charge is 1.98. The van der Waals surface area contributed by atoms with Gasteiger partial charge in [-0.3, -0.25) is 0 Å². The maximum absolute atomic E-state index is 3.17. The molecule has 0 radical (unpaired) electrons. The number of nitrogens with one attached hydrogen (secondary N) is 1. The van der Waals surface area contributed by atoms with Gasteiger partial charge in [-0.1, -0.05) is 0 Å². The molecule has 3 nitrogen and oxygen atoms in total. The first-order chi connectivity index (χ1) is 6.66. The highest BCUT2D eigenvalue weighted by Crippen LogP contribution is 1.94. The Morgan fingerprint density at radius 1 is 0.857 bits per heavy atom. The Bertz CT molecular complexity index is 115. The van der Waals surface area contributed by atoms with E-state index in [0.29, 0.717) is 0 Å². The zero-order valence-corrected chi connectivity index (χ0v) is 10.3. The van der Waals surface area contributed by atoms with E-state index in [0.717, 1.165) is 6.54 Å². The molecule has 0 atom stereocenters. The van der Waals surface area contributed by atoms with Gasteiger partial charge in [-0.15, -0.1) is 0 Å². The van der Waals surface area contributed by atoms with Gasteiger partial charge in [0.2, 0.25) is 0 Å². The number of hydrogen-bond donors (Lipinski definition) is 1. The van der Waals surface area contributed by atoms with Crippen LogP contribution in [0.2, 0.25) is 0 Å². The monoisotopic (exact) mass is 201 g/mol. The van der Waals surface area contributed by atoms with Crippen molar-refractivity contribution >= 4 is 0 Å². The van der Waals surface area contributed by atoms with E-state index in [1.54, 1.807) is 0 Å². The Labute approximate surface area is 89.5 Å². The average molecular weight is 201 g/mol. The van der Waals surface area contributed by atoms with Crippen LogP contribution in [0.3, 0.4) is 0 Å². The lowest BCUT2D eigenvalue weighted by Gasteiger charge is -2.17. The first-order valence-corrected chi connectivity index (χ1v) is 5.64. The van der Waals surface area contributed by atoms with Crippen LogP contribution in [0.15, 0.2) is 0 Å². The Morgan fingerprint density at radius 3 is 2.07 bits per heavy atom. The second kappa shape index (κ2) is 9.44. The highest BCUT2D eigenvalue weighted by molar-refractivity contribution is 4.54. The minimum absolute atomic E-state index is 1.14. The van der Waals surface area contributed by atoms with Crippen molar-refractivity contribution in [3.8, 4) is 0 Å². The van der Waals surface area contributed by atoms with Crippen LogP contribution in [0.25, 0.3) is 0 Å². The van der Waals surface area contributed by atoms with Gasteiger partial charge in [0.1, 0.15) is 0 Å². The Hall–Kier alpha value is -0.120. The molecule has 0 aliphatic rings. The van der Waals surface area contributed by atoms with Gasteiger partial charge in [-0.05, 0) is 73.6 Å². The van der Waals surface area contributed by atoms with Gasteiger partial charge < -0.3 is 15.1 Å². The summed E-state index contributed by atoms with van der Waals surface area (Å²) in [4.78, 5) is 4.67. The summed E-state index contributed by atoms with van der Waals surface area (Å²) in [5.74, 6) is 0. The third-order valence-corrected chi connectivity index (χ3v) is 2.36. The molecule has 0 heterocycles. The third kappa shape index (κ3) is 9.96. The smallest absolute Gasteiger partial charge is 0.000960 e. The Balaban J connectivity index is 3.15. The molecule has 0 aromatic carbocycles. The van der Waals surface area contributed by atoms with Crippen LogP contribution in [-0.2, 0) is 0 Å². The number of nitrogens with zero attached hydrogens (tertiary/aromatic N) is 2. The molecular weight excluding hydrogens is 174 g/mol. The molecule has 0 aromatic heterocycles. The molecule has 0 aromatic rings. The first kappa shape index (κ1) is 13.9. The van der Waals surface area contributed by atoms with Crippen LogP contribution < -0.4 is 5.32 Å². The SMILES string of the molecule is CNCCCCN(C)CCCN(C)C. The van der Waals surface area contributed by atoms with Crippen LogP contribution in [0, 0.1) is 0 Å². The summed E-state index contributed by atoms with van der Waals surface area (Å²) in [6.45, 7) is 4.79. The molecule has 0 saturated heterocycles. The normalized spacial score (nSPS) is 11.6. The van der Waals surface area contributed by atoms with Crippen molar-refractivity contribution in [2.45, 2.75) is 19.3 Å². The molecule has 0 unspecified atom stereocenters. The molecule has 0 aliphatic carbocycles. The lowest BCUT2D eigenvalue weighted by atomic mass is 10.3. The molecule has 0 spiro atoms. The summed E-state index contributed by atoms with van der Waals surface area (Å²) in [6, 6.07) is 0. The van der Waals surface area contributed by atoms with E-state index in [9.17, 15) is 0 Å². The van der Waals surface area contributed by atoms with E-state index < -0.39 is 0 Å². The highest BCUT2D eigenvalue weighted by atomic mass is 15.1. The quantitative estimate of drug-likeness (QED) is 0.559. The maximum Gasteiger partial charge on any atom is -0.000960 e. The van der Waals surface area contributed by atoms with Crippen molar-refractivity contribution in [3.63, 3.8) is 0 Å². The first-order valence-electron chi connectivity index (χ1n) is 5.64. The van der Waals surface area contributed by atoms with E-state index in [4.69, 9.17) is 0 Å². The predicted octanol–water partition coefficient (Wildman–Crippen LogP) is 0.870. The standard InChI is InChI=1S/C11H27N3/c1-12-8-5-6-10-14(4)11-7-9-13(2)3/h12H,5-11H2,1-4H3. The molecule has 0 saturated carbocycles. The molecule has 3 heteroatoms. The van der Waals surface area contributed by atoms with E-state index in [1.807, 2.05) is 7.05 Å². The molecule has 14 heavy (non-hydrogen) atoms. The fourth-order valence-corrected chi connectivity index (χ4v) is 1.45. The van der Waals surface area contributed by atoms with Gasteiger partial charge in [0.05, 0.1) is 0 Å². The summed E-state index contributed by atoms with van der Waals surface area (Å²) in [7, 11) is 8.50. The van der Waals surface area contributed by atoms with Gasteiger partial charge in [0.25, 0.3) is 0 Å². The van der Waals surface area contributed by atoms with Gasteiger partial charge in [-0.25, -0.2) is 0 Å². The van der Waals surface area contributed by atoms with E-state index >= 15 is 0 Å². The second-order valence-corrected chi connectivity index (χ2v) is 4.27. The zero-order valence-electron chi connectivity index (χ0n) is 10.3. The Kier molecular flexibility index (Phi) is 9.35. The summed E-state index contributed by atoms with van der Waals surface area (Å²) in [5, 5.41) is 3.17. The summed E-state index contributed by atoms with van der Waals surface area (Å²) in [5.41, 5.74) is 0. The third-order valence-electron chi connectivity index (χ3n) is 2.36. The van der Waals surface area contributed by atoms with Crippen LogP contribution in [0.4, 0.5) is 0 Å². The zero-order chi connectivity index (χ0) is 10.8. The minimum Gasteiger partial charge on any atom is -0.320 e. The lowest BCUT2D eigenvalue weighted by molar-refractivity contribution is 0.295. The van der Waals surface area contributed by atoms with Gasteiger partial charge in [0.15, 0.2) is 0 Å². The summed E-state index contributed by atoms with van der Waals surface area (Å²) >= 11 is 0. The number of unbranched alkanes of at least 4 members (excludes halogenated alkanes) is 1. The predicted molar refractivity (Wildman–Crippen MR) is 63.8 cm³/mol. The molecule has 0 amide bonds. The number of rotatable bonds is 9. The van der Waals surface area contributed by atoms with Gasteiger partial charge >= 0.3 is 0 Å². The minimum atomic E-state index is 1.14. The van der Waals surface area contributed by atoms with Crippen molar-refractivity contribution in [2.24, 2.45) is 0 Å². The van der Waals surface area contributed by atoms with Crippen molar-refractivity contribution in [3.05, 3.63) is 0 Å². The number of hydrogen-bond acceptors (Lipinski definition) is 3. The van der Waals surface area contributed by atoms with Crippen LogP contribution in [-0.4, -0.2) is 64.2 Å².